The molecule has 2 rings (SSSR count). The normalized spacial score (nSPS) is 24.3. The van der Waals surface area contributed by atoms with Gasteiger partial charge in [-0.05, 0) is 31.1 Å². The van der Waals surface area contributed by atoms with Crippen LogP contribution >= 0.6 is 0 Å². The number of carboxylic acid groups (broad SMARTS) is 1. The van der Waals surface area contributed by atoms with Crippen molar-refractivity contribution >= 4 is 11.9 Å². The lowest BCUT2D eigenvalue weighted by molar-refractivity contribution is -0.142. The van der Waals surface area contributed by atoms with Gasteiger partial charge in [0.15, 0.2) is 0 Å². The van der Waals surface area contributed by atoms with Crippen LogP contribution in [0.1, 0.15) is 58.3 Å². The van der Waals surface area contributed by atoms with E-state index in [-0.39, 0.29) is 23.2 Å². The first-order valence-electron chi connectivity index (χ1n) is 6.96. The molecule has 0 aromatic rings. The van der Waals surface area contributed by atoms with Gasteiger partial charge in [0.05, 0.1) is 6.42 Å². The molecule has 0 aromatic heterocycles. The zero-order chi connectivity index (χ0) is 13.2. The highest BCUT2D eigenvalue weighted by Gasteiger charge is 2.41. The molecule has 0 aliphatic heterocycles. The molecule has 102 valence electrons. The third kappa shape index (κ3) is 2.68. The van der Waals surface area contributed by atoms with Crippen LogP contribution in [0.25, 0.3) is 0 Å². The summed E-state index contributed by atoms with van der Waals surface area (Å²) in [7, 11) is 0. The number of carbonyl (C=O) groups excluding carboxylic acids is 1. The Labute approximate surface area is 108 Å². The van der Waals surface area contributed by atoms with Crippen molar-refractivity contribution in [3.63, 3.8) is 0 Å². The molecule has 2 N–H and O–H groups in total. The van der Waals surface area contributed by atoms with Crippen LogP contribution in [0.15, 0.2) is 0 Å². The van der Waals surface area contributed by atoms with Gasteiger partial charge >= 0.3 is 5.97 Å². The molecular formula is C14H23NO3. The summed E-state index contributed by atoms with van der Waals surface area (Å²) in [5, 5.41) is 11.9. The number of hydrogen-bond donors (Lipinski definition) is 2. The van der Waals surface area contributed by atoms with Crippen LogP contribution in [0, 0.1) is 10.8 Å². The molecule has 0 saturated heterocycles. The molecular weight excluding hydrogens is 230 g/mol. The van der Waals surface area contributed by atoms with Gasteiger partial charge in [0, 0.05) is 12.0 Å². The fourth-order valence-corrected chi connectivity index (χ4v) is 3.28. The Kier molecular flexibility index (Phi) is 3.64. The van der Waals surface area contributed by atoms with Crippen molar-refractivity contribution in [3.05, 3.63) is 0 Å². The van der Waals surface area contributed by atoms with Gasteiger partial charge in [0.1, 0.15) is 0 Å². The van der Waals surface area contributed by atoms with E-state index in [0.717, 1.165) is 44.9 Å². The van der Waals surface area contributed by atoms with Gasteiger partial charge in [-0.3, -0.25) is 9.59 Å². The van der Waals surface area contributed by atoms with Crippen molar-refractivity contribution in [1.29, 1.82) is 0 Å². The van der Waals surface area contributed by atoms with Crippen molar-refractivity contribution in [2.24, 2.45) is 10.8 Å². The van der Waals surface area contributed by atoms with E-state index in [2.05, 4.69) is 5.32 Å². The molecule has 4 heteroatoms. The molecule has 0 radical (unpaired) electrons. The molecule has 0 aromatic carbocycles. The average molecular weight is 253 g/mol. The lowest BCUT2D eigenvalue weighted by Crippen LogP contribution is -2.47. The maximum absolute atomic E-state index is 12.2. The first-order valence-corrected chi connectivity index (χ1v) is 6.96. The maximum atomic E-state index is 12.2. The minimum atomic E-state index is -0.754. The Balaban J connectivity index is 1.86. The lowest BCUT2D eigenvalue weighted by Gasteiger charge is -2.41. The molecule has 0 bridgehead atoms. The number of rotatable bonds is 5. The van der Waals surface area contributed by atoms with Crippen LogP contribution in [0.5, 0.6) is 0 Å². The molecule has 0 atom stereocenters. The van der Waals surface area contributed by atoms with E-state index in [1.165, 1.54) is 0 Å². The quantitative estimate of drug-likeness (QED) is 0.790. The summed E-state index contributed by atoms with van der Waals surface area (Å²) in [5.74, 6) is -0.632. The molecule has 0 unspecified atom stereocenters. The van der Waals surface area contributed by atoms with Crippen LogP contribution in [-0.2, 0) is 9.59 Å². The molecule has 2 aliphatic rings. The molecule has 0 spiro atoms. The standard InChI is InChI=1S/C14H23NO3/c1-13(5-2-3-6-13)12(18)15-10-14(7-4-8-14)9-11(16)17/h2-10H2,1H3,(H,15,18)(H,16,17). The van der Waals surface area contributed by atoms with E-state index in [9.17, 15) is 9.59 Å². The highest BCUT2D eigenvalue weighted by molar-refractivity contribution is 5.82. The molecule has 18 heavy (non-hydrogen) atoms. The summed E-state index contributed by atoms with van der Waals surface area (Å²) < 4.78 is 0. The number of amides is 1. The van der Waals surface area contributed by atoms with E-state index in [1.807, 2.05) is 6.92 Å². The minimum absolute atomic E-state index is 0.122. The Morgan fingerprint density at radius 3 is 2.17 bits per heavy atom. The first-order chi connectivity index (χ1) is 8.46. The van der Waals surface area contributed by atoms with E-state index in [4.69, 9.17) is 5.11 Å². The lowest BCUT2D eigenvalue weighted by atomic mass is 9.66. The number of carboxylic acids is 1. The number of aliphatic carboxylic acids is 1. The highest BCUT2D eigenvalue weighted by Crippen LogP contribution is 2.44. The fraction of sp³-hybridized carbons (Fsp3) is 0.857. The van der Waals surface area contributed by atoms with E-state index in [1.54, 1.807) is 0 Å². The monoisotopic (exact) mass is 253 g/mol. The number of carbonyl (C=O) groups is 2. The number of hydrogen-bond acceptors (Lipinski definition) is 2. The van der Waals surface area contributed by atoms with E-state index < -0.39 is 5.97 Å². The van der Waals surface area contributed by atoms with Gasteiger partial charge in [-0.15, -0.1) is 0 Å². The summed E-state index contributed by atoms with van der Waals surface area (Å²) in [6, 6.07) is 0. The second-order valence-electron chi connectivity index (χ2n) is 6.37. The van der Waals surface area contributed by atoms with Gasteiger partial charge in [0.2, 0.25) is 5.91 Å². The molecule has 0 heterocycles. The van der Waals surface area contributed by atoms with Crippen molar-refractivity contribution < 1.29 is 14.7 Å². The van der Waals surface area contributed by atoms with E-state index in [0.29, 0.717) is 6.54 Å². The van der Waals surface area contributed by atoms with Gasteiger partial charge in [-0.25, -0.2) is 0 Å². The Morgan fingerprint density at radius 2 is 1.72 bits per heavy atom. The Bertz CT molecular complexity index is 341. The maximum Gasteiger partial charge on any atom is 0.303 e. The van der Waals surface area contributed by atoms with Crippen molar-refractivity contribution in [1.82, 2.24) is 5.32 Å². The Hall–Kier alpha value is -1.06. The summed E-state index contributed by atoms with van der Waals surface area (Å²) in [4.78, 5) is 23.0. The van der Waals surface area contributed by atoms with Gasteiger partial charge in [-0.2, -0.15) is 0 Å². The zero-order valence-corrected chi connectivity index (χ0v) is 11.1. The summed E-state index contributed by atoms with van der Waals surface area (Å²) >= 11 is 0. The Morgan fingerprint density at radius 1 is 1.11 bits per heavy atom. The van der Waals surface area contributed by atoms with Crippen LogP contribution in [0.2, 0.25) is 0 Å². The first kappa shape index (κ1) is 13.4. The van der Waals surface area contributed by atoms with Crippen LogP contribution < -0.4 is 5.32 Å². The molecule has 1 amide bonds. The minimum Gasteiger partial charge on any atom is -0.481 e. The van der Waals surface area contributed by atoms with Crippen LogP contribution in [0.4, 0.5) is 0 Å². The summed E-state index contributed by atoms with van der Waals surface area (Å²) in [6.45, 7) is 2.56. The summed E-state index contributed by atoms with van der Waals surface area (Å²) in [5.41, 5.74) is -0.384. The third-order valence-electron chi connectivity index (χ3n) is 4.82. The molecule has 2 fully saturated rings. The predicted molar refractivity (Wildman–Crippen MR) is 68.1 cm³/mol. The second-order valence-corrected chi connectivity index (χ2v) is 6.37. The van der Waals surface area contributed by atoms with Gasteiger partial charge < -0.3 is 10.4 Å². The fourth-order valence-electron chi connectivity index (χ4n) is 3.28. The molecule has 4 nitrogen and oxygen atoms in total. The second kappa shape index (κ2) is 4.90. The number of nitrogens with one attached hydrogen (secondary N) is 1. The SMILES string of the molecule is CC1(C(=O)NCC2(CC(=O)O)CCC2)CCCC1. The van der Waals surface area contributed by atoms with Crippen LogP contribution in [-0.4, -0.2) is 23.5 Å². The topological polar surface area (TPSA) is 66.4 Å². The van der Waals surface area contributed by atoms with Crippen molar-refractivity contribution in [2.75, 3.05) is 6.54 Å². The smallest absolute Gasteiger partial charge is 0.303 e. The molecule has 2 aliphatic carbocycles. The largest absolute Gasteiger partial charge is 0.481 e. The zero-order valence-electron chi connectivity index (χ0n) is 11.1. The third-order valence-corrected chi connectivity index (χ3v) is 4.82. The van der Waals surface area contributed by atoms with Crippen molar-refractivity contribution in [2.45, 2.75) is 58.3 Å². The van der Waals surface area contributed by atoms with Crippen LogP contribution in [0.3, 0.4) is 0 Å². The van der Waals surface area contributed by atoms with Gasteiger partial charge in [-0.1, -0.05) is 26.2 Å². The average Bonchev–Trinajstić information content (AvgIpc) is 2.69. The van der Waals surface area contributed by atoms with E-state index >= 15 is 0 Å². The molecule has 2 saturated carbocycles. The van der Waals surface area contributed by atoms with Gasteiger partial charge in [0.25, 0.3) is 0 Å². The predicted octanol–water partition coefficient (Wildman–Crippen LogP) is 2.33. The van der Waals surface area contributed by atoms with Crippen molar-refractivity contribution in [3.8, 4) is 0 Å². The summed E-state index contributed by atoms with van der Waals surface area (Å²) in [6.07, 6.45) is 7.31. The highest BCUT2D eigenvalue weighted by atomic mass is 16.4.